The van der Waals surface area contributed by atoms with Crippen LogP contribution in [0.4, 0.5) is 5.82 Å². The molecule has 1 saturated heterocycles. The number of nitrogens with one attached hydrogen (secondary N) is 3. The largest absolute Gasteiger partial charge is 0.466 e. The Hall–Kier alpha value is -2.91. The molecule has 146 valence electrons. The maximum Gasteiger partial charge on any atom is 0.260 e. The zero-order valence-electron chi connectivity index (χ0n) is 15.8. The zero-order valence-corrected chi connectivity index (χ0v) is 16.6. The van der Waals surface area contributed by atoms with Crippen LogP contribution in [0.25, 0.3) is 10.6 Å². The first-order valence-electron chi connectivity index (χ1n) is 8.98. The van der Waals surface area contributed by atoms with Crippen molar-refractivity contribution in [2.24, 2.45) is 0 Å². The van der Waals surface area contributed by atoms with Crippen LogP contribution in [0.2, 0.25) is 0 Å². The second-order valence-corrected chi connectivity index (χ2v) is 7.81. The SMILES string of the molecule is Cc1cc(C(=O)Nc2cc(-c3cccs3)nn2C2NC(=O)CC(C)N2)c(C)o1. The van der Waals surface area contributed by atoms with Gasteiger partial charge in [0.05, 0.1) is 10.4 Å². The minimum atomic E-state index is -0.549. The molecule has 0 radical (unpaired) electrons. The Labute approximate surface area is 165 Å². The van der Waals surface area contributed by atoms with Crippen molar-refractivity contribution in [3.63, 3.8) is 0 Å². The smallest absolute Gasteiger partial charge is 0.260 e. The molecule has 4 heterocycles. The molecule has 0 bridgehead atoms. The lowest BCUT2D eigenvalue weighted by atomic mass is 10.2. The summed E-state index contributed by atoms with van der Waals surface area (Å²) in [6.45, 7) is 5.48. The van der Waals surface area contributed by atoms with E-state index in [1.54, 1.807) is 42.0 Å². The summed E-state index contributed by atoms with van der Waals surface area (Å²) >= 11 is 1.56. The molecule has 9 heteroatoms. The van der Waals surface area contributed by atoms with Crippen molar-refractivity contribution in [3.8, 4) is 10.6 Å². The average molecular weight is 399 g/mol. The first-order chi connectivity index (χ1) is 13.4. The van der Waals surface area contributed by atoms with Gasteiger partial charge in [-0.1, -0.05) is 6.07 Å². The Bertz CT molecular complexity index is 1020. The van der Waals surface area contributed by atoms with Crippen LogP contribution < -0.4 is 16.0 Å². The average Bonchev–Trinajstić information content (AvgIpc) is 3.33. The monoisotopic (exact) mass is 399 g/mol. The molecule has 0 saturated carbocycles. The van der Waals surface area contributed by atoms with Gasteiger partial charge in [-0.2, -0.15) is 5.10 Å². The number of aryl methyl sites for hydroxylation is 2. The highest BCUT2D eigenvalue weighted by atomic mass is 32.1. The molecule has 3 N–H and O–H groups in total. The van der Waals surface area contributed by atoms with Crippen LogP contribution in [0.3, 0.4) is 0 Å². The Morgan fingerprint density at radius 1 is 1.39 bits per heavy atom. The number of nitrogens with zero attached hydrogens (tertiary/aromatic N) is 2. The van der Waals surface area contributed by atoms with Gasteiger partial charge in [-0.25, -0.2) is 4.68 Å². The summed E-state index contributed by atoms with van der Waals surface area (Å²) in [5.74, 6) is 1.35. The number of hydrogen-bond donors (Lipinski definition) is 3. The van der Waals surface area contributed by atoms with Crippen molar-refractivity contribution in [1.29, 1.82) is 0 Å². The predicted molar refractivity (Wildman–Crippen MR) is 106 cm³/mol. The molecule has 0 spiro atoms. The summed E-state index contributed by atoms with van der Waals surface area (Å²) in [4.78, 5) is 25.8. The number of furan rings is 1. The highest BCUT2D eigenvalue weighted by Gasteiger charge is 2.28. The van der Waals surface area contributed by atoms with E-state index in [0.717, 1.165) is 10.6 Å². The first kappa shape index (κ1) is 18.5. The van der Waals surface area contributed by atoms with Crippen molar-refractivity contribution in [2.75, 3.05) is 5.32 Å². The van der Waals surface area contributed by atoms with Crippen LogP contribution in [0.15, 0.2) is 34.1 Å². The number of anilines is 1. The molecule has 8 nitrogen and oxygen atoms in total. The van der Waals surface area contributed by atoms with E-state index in [-0.39, 0.29) is 17.9 Å². The molecule has 4 rings (SSSR count). The number of carbonyl (C=O) groups excluding carboxylic acids is 2. The van der Waals surface area contributed by atoms with Crippen molar-refractivity contribution >= 4 is 29.0 Å². The maximum atomic E-state index is 12.8. The van der Waals surface area contributed by atoms with Crippen LogP contribution in [0, 0.1) is 13.8 Å². The minimum absolute atomic E-state index is 0.00421. The third kappa shape index (κ3) is 3.58. The van der Waals surface area contributed by atoms with Crippen molar-refractivity contribution in [3.05, 3.63) is 46.7 Å². The molecule has 0 aromatic carbocycles. The Kier molecular flexibility index (Phi) is 4.78. The van der Waals surface area contributed by atoms with Gasteiger partial charge in [-0.3, -0.25) is 14.9 Å². The van der Waals surface area contributed by atoms with E-state index < -0.39 is 6.29 Å². The zero-order chi connectivity index (χ0) is 19.8. The number of thiophene rings is 1. The fourth-order valence-electron chi connectivity index (χ4n) is 3.26. The highest BCUT2D eigenvalue weighted by molar-refractivity contribution is 7.13. The van der Waals surface area contributed by atoms with E-state index in [2.05, 4.69) is 21.0 Å². The van der Waals surface area contributed by atoms with Crippen molar-refractivity contribution in [2.45, 2.75) is 39.5 Å². The van der Waals surface area contributed by atoms with Crippen molar-refractivity contribution < 1.29 is 14.0 Å². The van der Waals surface area contributed by atoms with Crippen molar-refractivity contribution in [1.82, 2.24) is 20.4 Å². The van der Waals surface area contributed by atoms with Crippen LogP contribution in [-0.4, -0.2) is 27.6 Å². The molecule has 1 fully saturated rings. The predicted octanol–water partition coefficient (Wildman–Crippen LogP) is 3.03. The molecule has 1 aliphatic rings. The molecule has 3 aromatic rings. The van der Waals surface area contributed by atoms with Gasteiger partial charge in [0.1, 0.15) is 23.0 Å². The van der Waals surface area contributed by atoms with E-state index in [9.17, 15) is 9.59 Å². The summed E-state index contributed by atoms with van der Waals surface area (Å²) in [5, 5.41) is 15.7. The van der Waals surface area contributed by atoms with Gasteiger partial charge in [0.15, 0.2) is 6.29 Å². The third-order valence-corrected chi connectivity index (χ3v) is 5.41. The summed E-state index contributed by atoms with van der Waals surface area (Å²) in [7, 11) is 0. The van der Waals surface area contributed by atoms with Gasteiger partial charge >= 0.3 is 0 Å². The van der Waals surface area contributed by atoms with E-state index in [4.69, 9.17) is 4.42 Å². The minimum Gasteiger partial charge on any atom is -0.466 e. The molecule has 28 heavy (non-hydrogen) atoms. The van der Waals surface area contributed by atoms with E-state index in [0.29, 0.717) is 29.3 Å². The number of aromatic nitrogens is 2. The topological polar surface area (TPSA) is 101 Å². The molecule has 2 amide bonds. The third-order valence-electron chi connectivity index (χ3n) is 4.51. The Morgan fingerprint density at radius 3 is 2.86 bits per heavy atom. The van der Waals surface area contributed by atoms with Crippen LogP contribution in [-0.2, 0) is 4.79 Å². The Balaban J connectivity index is 1.69. The lowest BCUT2D eigenvalue weighted by molar-refractivity contribution is -0.125. The molecule has 2 atom stereocenters. The maximum absolute atomic E-state index is 12.8. The molecule has 1 aliphatic heterocycles. The number of carbonyl (C=O) groups is 2. The van der Waals surface area contributed by atoms with Gasteiger partial charge < -0.3 is 15.1 Å². The summed E-state index contributed by atoms with van der Waals surface area (Å²) in [6, 6.07) is 7.41. The second kappa shape index (κ2) is 7.25. The summed E-state index contributed by atoms with van der Waals surface area (Å²) < 4.78 is 7.06. The Morgan fingerprint density at radius 2 is 2.21 bits per heavy atom. The lowest BCUT2D eigenvalue weighted by Gasteiger charge is -2.30. The second-order valence-electron chi connectivity index (χ2n) is 6.86. The van der Waals surface area contributed by atoms with E-state index >= 15 is 0 Å². The standard InChI is InChI=1S/C19H21N5O3S/c1-10-7-17(25)22-19(20-10)24-16(9-14(23-24)15-5-4-6-28-15)21-18(26)13-8-11(2)27-12(13)3/h4-6,8-10,19-20H,7H2,1-3H3,(H,21,26)(H,22,25). The normalized spacial score (nSPS) is 19.5. The quantitative estimate of drug-likeness (QED) is 0.626. The van der Waals surface area contributed by atoms with Crippen LogP contribution in [0.1, 0.15) is 41.5 Å². The molecule has 2 unspecified atom stereocenters. The molecular formula is C19H21N5O3S. The first-order valence-corrected chi connectivity index (χ1v) is 9.86. The highest BCUT2D eigenvalue weighted by Crippen LogP contribution is 2.28. The van der Waals surface area contributed by atoms with Gasteiger partial charge in [0.25, 0.3) is 5.91 Å². The van der Waals surface area contributed by atoms with E-state index in [1.807, 2.05) is 24.4 Å². The van der Waals surface area contributed by atoms with Gasteiger partial charge in [-0.05, 0) is 38.3 Å². The van der Waals surface area contributed by atoms with Crippen LogP contribution >= 0.6 is 11.3 Å². The van der Waals surface area contributed by atoms with E-state index in [1.165, 1.54) is 0 Å². The van der Waals surface area contributed by atoms with Gasteiger partial charge in [0.2, 0.25) is 5.91 Å². The lowest BCUT2D eigenvalue weighted by Crippen LogP contribution is -2.52. The molecular weight excluding hydrogens is 378 g/mol. The number of rotatable bonds is 4. The summed E-state index contributed by atoms with van der Waals surface area (Å²) in [6.07, 6.45) is -0.155. The molecule has 3 aromatic heterocycles. The summed E-state index contributed by atoms with van der Waals surface area (Å²) in [5.41, 5.74) is 1.19. The van der Waals surface area contributed by atoms with Crippen LogP contribution in [0.5, 0.6) is 0 Å². The van der Waals surface area contributed by atoms with Gasteiger partial charge in [-0.15, -0.1) is 11.3 Å². The molecule has 0 aliphatic carbocycles. The fraction of sp³-hybridized carbons (Fsp3) is 0.316. The van der Waals surface area contributed by atoms with Gasteiger partial charge in [0, 0.05) is 18.5 Å². The number of amides is 2. The fourth-order valence-corrected chi connectivity index (χ4v) is 3.94. The number of hydrogen-bond acceptors (Lipinski definition) is 6.